The predicted octanol–water partition coefficient (Wildman–Crippen LogP) is 3.55. The summed E-state index contributed by atoms with van der Waals surface area (Å²) in [6, 6.07) is 0. The molecular formula is C11H18. The predicted molar refractivity (Wildman–Crippen MR) is 50.5 cm³/mol. The molecule has 0 saturated heterocycles. The fraction of sp³-hybridized carbons (Fsp3) is 0.636. The molecule has 1 atom stereocenters. The highest BCUT2D eigenvalue weighted by Gasteiger charge is 2.10. The summed E-state index contributed by atoms with van der Waals surface area (Å²) in [5, 5.41) is 0. The second-order valence-electron chi connectivity index (χ2n) is 3.90. The van der Waals surface area contributed by atoms with E-state index in [4.69, 9.17) is 0 Å². The van der Waals surface area contributed by atoms with Crippen LogP contribution in [0.15, 0.2) is 23.8 Å². The van der Waals surface area contributed by atoms with Crippen molar-refractivity contribution in [3.05, 3.63) is 23.8 Å². The third kappa shape index (κ3) is 2.53. The quantitative estimate of drug-likeness (QED) is 0.577. The van der Waals surface area contributed by atoms with E-state index in [1.165, 1.54) is 12.8 Å². The third-order valence-electron chi connectivity index (χ3n) is 2.26. The lowest BCUT2D eigenvalue weighted by Gasteiger charge is -2.14. The molecule has 0 heteroatoms. The van der Waals surface area contributed by atoms with Crippen LogP contribution in [0.4, 0.5) is 0 Å². The standard InChI is InChI=1S/C11H18/c1-9(2)8-10(3)11-6-4-5-7-11/h4-6,9-10H,7-8H2,1-3H3. The normalized spacial score (nSPS) is 19.1. The molecule has 0 N–H and O–H groups in total. The summed E-state index contributed by atoms with van der Waals surface area (Å²) in [6.07, 6.45) is 9.20. The van der Waals surface area contributed by atoms with Crippen molar-refractivity contribution in [2.24, 2.45) is 11.8 Å². The summed E-state index contributed by atoms with van der Waals surface area (Å²) in [6.45, 7) is 6.91. The molecule has 11 heavy (non-hydrogen) atoms. The lowest BCUT2D eigenvalue weighted by atomic mass is 9.91. The minimum atomic E-state index is 0.782. The van der Waals surface area contributed by atoms with E-state index < -0.39 is 0 Å². The van der Waals surface area contributed by atoms with Crippen LogP contribution in [-0.2, 0) is 0 Å². The number of hydrogen-bond acceptors (Lipinski definition) is 0. The van der Waals surface area contributed by atoms with Crippen molar-refractivity contribution < 1.29 is 0 Å². The summed E-state index contributed by atoms with van der Waals surface area (Å²) in [4.78, 5) is 0. The van der Waals surface area contributed by atoms with Crippen LogP contribution < -0.4 is 0 Å². The van der Waals surface area contributed by atoms with E-state index in [9.17, 15) is 0 Å². The molecule has 0 radical (unpaired) electrons. The zero-order valence-corrected chi connectivity index (χ0v) is 7.80. The van der Waals surface area contributed by atoms with Crippen LogP contribution in [0.3, 0.4) is 0 Å². The van der Waals surface area contributed by atoms with E-state index in [2.05, 4.69) is 39.0 Å². The Morgan fingerprint density at radius 2 is 2.09 bits per heavy atom. The van der Waals surface area contributed by atoms with E-state index in [-0.39, 0.29) is 0 Å². The summed E-state index contributed by atoms with van der Waals surface area (Å²) in [5.41, 5.74) is 1.61. The van der Waals surface area contributed by atoms with Crippen molar-refractivity contribution in [3.63, 3.8) is 0 Å². The Morgan fingerprint density at radius 1 is 1.36 bits per heavy atom. The fourth-order valence-electron chi connectivity index (χ4n) is 1.69. The molecule has 0 saturated carbocycles. The third-order valence-corrected chi connectivity index (χ3v) is 2.26. The van der Waals surface area contributed by atoms with Gasteiger partial charge in [-0.1, -0.05) is 44.6 Å². The van der Waals surface area contributed by atoms with Gasteiger partial charge in [-0.05, 0) is 24.7 Å². The number of allylic oxidation sites excluding steroid dienone is 4. The topological polar surface area (TPSA) is 0 Å². The van der Waals surface area contributed by atoms with Crippen LogP contribution in [-0.4, -0.2) is 0 Å². The van der Waals surface area contributed by atoms with Gasteiger partial charge < -0.3 is 0 Å². The lowest BCUT2D eigenvalue weighted by Crippen LogP contribution is -2.01. The molecule has 0 nitrogen and oxygen atoms in total. The van der Waals surface area contributed by atoms with Gasteiger partial charge in [0.2, 0.25) is 0 Å². The average molecular weight is 150 g/mol. The highest BCUT2D eigenvalue weighted by atomic mass is 14.2. The Labute approximate surface area is 70.0 Å². The second kappa shape index (κ2) is 3.75. The lowest BCUT2D eigenvalue weighted by molar-refractivity contribution is 0.482. The first-order valence-electron chi connectivity index (χ1n) is 4.55. The first-order valence-corrected chi connectivity index (χ1v) is 4.55. The minimum absolute atomic E-state index is 0.782. The number of hydrogen-bond donors (Lipinski definition) is 0. The molecule has 0 fully saturated rings. The Balaban J connectivity index is 2.36. The molecule has 0 aromatic heterocycles. The van der Waals surface area contributed by atoms with Crippen molar-refractivity contribution in [1.82, 2.24) is 0 Å². The summed E-state index contributed by atoms with van der Waals surface area (Å²) >= 11 is 0. The molecule has 1 aliphatic rings. The molecule has 0 aromatic carbocycles. The van der Waals surface area contributed by atoms with Gasteiger partial charge >= 0.3 is 0 Å². The van der Waals surface area contributed by atoms with Crippen molar-refractivity contribution in [2.45, 2.75) is 33.6 Å². The molecule has 1 unspecified atom stereocenters. The first kappa shape index (κ1) is 8.58. The van der Waals surface area contributed by atoms with E-state index in [0.717, 1.165) is 11.8 Å². The molecule has 0 amide bonds. The van der Waals surface area contributed by atoms with Crippen LogP contribution in [0.25, 0.3) is 0 Å². The maximum absolute atomic E-state index is 2.33. The monoisotopic (exact) mass is 150 g/mol. The van der Waals surface area contributed by atoms with Crippen molar-refractivity contribution in [3.8, 4) is 0 Å². The Kier molecular flexibility index (Phi) is 2.92. The molecule has 0 spiro atoms. The summed E-state index contributed by atoms with van der Waals surface area (Å²) in [5.74, 6) is 1.61. The molecule has 0 heterocycles. The smallest absolute Gasteiger partial charge is 0.0130 e. The maximum atomic E-state index is 2.33. The minimum Gasteiger partial charge on any atom is -0.0805 e. The van der Waals surface area contributed by atoms with E-state index >= 15 is 0 Å². The molecule has 1 rings (SSSR count). The van der Waals surface area contributed by atoms with E-state index in [1.807, 2.05) is 0 Å². The van der Waals surface area contributed by atoms with Gasteiger partial charge in [0.15, 0.2) is 0 Å². The van der Waals surface area contributed by atoms with Gasteiger partial charge in [-0.15, -0.1) is 0 Å². The molecule has 1 aliphatic carbocycles. The van der Waals surface area contributed by atoms with Gasteiger partial charge in [0.25, 0.3) is 0 Å². The first-order chi connectivity index (χ1) is 5.20. The molecule has 0 aliphatic heterocycles. The van der Waals surface area contributed by atoms with Crippen LogP contribution in [0, 0.1) is 11.8 Å². The Morgan fingerprint density at radius 3 is 2.55 bits per heavy atom. The highest BCUT2D eigenvalue weighted by molar-refractivity contribution is 5.24. The van der Waals surface area contributed by atoms with Gasteiger partial charge in [-0.2, -0.15) is 0 Å². The van der Waals surface area contributed by atoms with Crippen molar-refractivity contribution >= 4 is 0 Å². The van der Waals surface area contributed by atoms with Gasteiger partial charge in [0, 0.05) is 0 Å². The van der Waals surface area contributed by atoms with Gasteiger partial charge in [0.05, 0.1) is 0 Å². The molecule has 62 valence electrons. The molecule has 0 aromatic rings. The van der Waals surface area contributed by atoms with Gasteiger partial charge in [0.1, 0.15) is 0 Å². The SMILES string of the molecule is CC(C)CC(C)C1=CC=CC1. The zero-order valence-electron chi connectivity index (χ0n) is 7.80. The average Bonchev–Trinajstić information content (AvgIpc) is 2.35. The van der Waals surface area contributed by atoms with Crippen molar-refractivity contribution in [2.75, 3.05) is 0 Å². The maximum Gasteiger partial charge on any atom is -0.0130 e. The number of rotatable bonds is 3. The molecule has 0 bridgehead atoms. The van der Waals surface area contributed by atoms with E-state index in [1.54, 1.807) is 5.57 Å². The van der Waals surface area contributed by atoms with Gasteiger partial charge in [-0.3, -0.25) is 0 Å². The summed E-state index contributed by atoms with van der Waals surface area (Å²) < 4.78 is 0. The fourth-order valence-corrected chi connectivity index (χ4v) is 1.69. The molecular weight excluding hydrogens is 132 g/mol. The Bertz CT molecular complexity index is 172. The highest BCUT2D eigenvalue weighted by Crippen LogP contribution is 2.25. The van der Waals surface area contributed by atoms with E-state index in [0.29, 0.717) is 0 Å². The van der Waals surface area contributed by atoms with Crippen LogP contribution in [0.2, 0.25) is 0 Å². The second-order valence-corrected chi connectivity index (χ2v) is 3.90. The van der Waals surface area contributed by atoms with Crippen LogP contribution in [0.1, 0.15) is 33.6 Å². The largest absolute Gasteiger partial charge is 0.0805 e. The van der Waals surface area contributed by atoms with Gasteiger partial charge in [-0.25, -0.2) is 0 Å². The van der Waals surface area contributed by atoms with Crippen molar-refractivity contribution in [1.29, 1.82) is 0 Å². The van der Waals surface area contributed by atoms with Crippen LogP contribution in [0.5, 0.6) is 0 Å². The van der Waals surface area contributed by atoms with Crippen LogP contribution >= 0.6 is 0 Å². The Hall–Kier alpha value is -0.520. The summed E-state index contributed by atoms with van der Waals surface area (Å²) in [7, 11) is 0. The zero-order chi connectivity index (χ0) is 8.27.